The number of carbonyl (C=O) groups excluding carboxylic acids is 1. The second-order valence-electron chi connectivity index (χ2n) is 5.15. The number of hydrogen-bond acceptors (Lipinski definition) is 3. The van der Waals surface area contributed by atoms with E-state index in [0.29, 0.717) is 22.8 Å². The molecule has 0 spiro atoms. The molecule has 4 nitrogen and oxygen atoms in total. The number of benzene rings is 2. The lowest BCUT2D eigenvalue weighted by Crippen LogP contribution is -2.18. The van der Waals surface area contributed by atoms with E-state index in [9.17, 15) is 9.59 Å². The Balaban J connectivity index is 1.75. The highest BCUT2D eigenvalue weighted by Gasteiger charge is 2.25. The summed E-state index contributed by atoms with van der Waals surface area (Å²) in [5.74, 6) is -0.528. The van der Waals surface area contributed by atoms with Gasteiger partial charge >= 0.3 is 5.97 Å². The average Bonchev–Trinajstić information content (AvgIpc) is 3.06. The van der Waals surface area contributed by atoms with E-state index in [4.69, 9.17) is 5.11 Å². The zero-order chi connectivity index (χ0) is 16.2. The molecule has 1 aliphatic rings. The van der Waals surface area contributed by atoms with Crippen LogP contribution in [0.15, 0.2) is 65.7 Å². The Morgan fingerprint density at radius 1 is 0.870 bits per heavy atom. The molecule has 116 valence electrons. The molecule has 1 aliphatic heterocycles. The fraction of sp³-hybridized carbons (Fsp3) is 0.111. The van der Waals surface area contributed by atoms with Crippen molar-refractivity contribution in [1.29, 1.82) is 0 Å². The van der Waals surface area contributed by atoms with E-state index >= 15 is 0 Å². The number of aliphatic carboxylic acids is 1. The lowest BCUT2D eigenvalue weighted by atomic mass is 10.1. The van der Waals surface area contributed by atoms with E-state index in [0.717, 1.165) is 11.1 Å². The molecule has 0 saturated heterocycles. The molecule has 0 unspecified atom stereocenters. The number of carboxylic acid groups (broad SMARTS) is 1. The summed E-state index contributed by atoms with van der Waals surface area (Å²) in [6.07, 6.45) is 0. The maximum absolute atomic E-state index is 12.2. The van der Waals surface area contributed by atoms with Gasteiger partial charge in [0.2, 0.25) is 0 Å². The highest BCUT2D eigenvalue weighted by molar-refractivity contribution is 8.00. The fourth-order valence-electron chi connectivity index (χ4n) is 2.41. The van der Waals surface area contributed by atoms with Gasteiger partial charge in [-0.3, -0.25) is 4.79 Å². The van der Waals surface area contributed by atoms with Gasteiger partial charge in [-0.1, -0.05) is 42.5 Å². The van der Waals surface area contributed by atoms with Crippen LogP contribution < -0.4 is 5.32 Å². The number of nitrogens with one attached hydrogen (secondary N) is 1. The van der Waals surface area contributed by atoms with Crippen molar-refractivity contribution in [3.05, 3.63) is 65.7 Å². The number of amides is 1. The molecule has 0 fully saturated rings. The van der Waals surface area contributed by atoms with E-state index in [2.05, 4.69) is 5.32 Å². The zero-order valence-electron chi connectivity index (χ0n) is 12.3. The summed E-state index contributed by atoms with van der Waals surface area (Å²) < 4.78 is 0. The first kappa shape index (κ1) is 15.4. The number of thioether (sulfide) groups is 1. The first-order chi connectivity index (χ1) is 11.1. The SMILES string of the molecule is O=C(O)C1=C(C(=O)Nc2ccc(-c3ccccc3)cc2)CSC1. The molecule has 1 amide bonds. The van der Waals surface area contributed by atoms with Gasteiger partial charge in [0.1, 0.15) is 0 Å². The Labute approximate surface area is 138 Å². The van der Waals surface area contributed by atoms with Crippen molar-refractivity contribution in [3.63, 3.8) is 0 Å². The van der Waals surface area contributed by atoms with Crippen LogP contribution in [0.2, 0.25) is 0 Å². The Morgan fingerprint density at radius 2 is 1.48 bits per heavy atom. The Hall–Kier alpha value is -2.53. The van der Waals surface area contributed by atoms with Gasteiger partial charge in [0, 0.05) is 22.8 Å². The minimum absolute atomic E-state index is 0.202. The van der Waals surface area contributed by atoms with Crippen LogP contribution in [0.5, 0.6) is 0 Å². The highest BCUT2D eigenvalue weighted by Crippen LogP contribution is 2.26. The zero-order valence-corrected chi connectivity index (χ0v) is 13.1. The number of anilines is 1. The maximum Gasteiger partial charge on any atom is 0.332 e. The topological polar surface area (TPSA) is 66.4 Å². The van der Waals surface area contributed by atoms with Gasteiger partial charge in [-0.05, 0) is 23.3 Å². The predicted octanol–water partition coefficient (Wildman–Crippen LogP) is 3.42. The van der Waals surface area contributed by atoms with Gasteiger partial charge in [0.15, 0.2) is 0 Å². The second kappa shape index (κ2) is 6.71. The normalized spacial score (nSPS) is 13.9. The average molecular weight is 325 g/mol. The van der Waals surface area contributed by atoms with Crippen LogP contribution in [0.25, 0.3) is 11.1 Å². The van der Waals surface area contributed by atoms with Crippen LogP contribution in [0.3, 0.4) is 0 Å². The molecular formula is C18H15NO3S. The van der Waals surface area contributed by atoms with Gasteiger partial charge in [-0.25, -0.2) is 4.79 Å². The van der Waals surface area contributed by atoms with E-state index in [-0.39, 0.29) is 11.5 Å². The number of carbonyl (C=O) groups is 2. The molecule has 1 heterocycles. The minimum Gasteiger partial charge on any atom is -0.478 e. The molecule has 0 atom stereocenters. The monoisotopic (exact) mass is 325 g/mol. The third-order valence-corrected chi connectivity index (χ3v) is 4.62. The van der Waals surface area contributed by atoms with Crippen LogP contribution in [0.4, 0.5) is 5.69 Å². The van der Waals surface area contributed by atoms with Gasteiger partial charge in [0.05, 0.1) is 5.57 Å². The Bertz CT molecular complexity index is 767. The Kier molecular flexibility index (Phi) is 4.48. The van der Waals surface area contributed by atoms with Crippen molar-refractivity contribution in [2.75, 3.05) is 16.8 Å². The predicted molar refractivity (Wildman–Crippen MR) is 92.5 cm³/mol. The molecule has 2 aromatic rings. The second-order valence-corrected chi connectivity index (χ2v) is 6.14. The molecule has 2 aromatic carbocycles. The van der Waals surface area contributed by atoms with E-state index < -0.39 is 5.97 Å². The van der Waals surface area contributed by atoms with Crippen LogP contribution in [-0.4, -0.2) is 28.5 Å². The number of rotatable bonds is 4. The summed E-state index contributed by atoms with van der Waals surface area (Å²) in [6, 6.07) is 17.5. The summed E-state index contributed by atoms with van der Waals surface area (Å²) in [5.41, 5.74) is 3.38. The van der Waals surface area contributed by atoms with Gasteiger partial charge in [0.25, 0.3) is 5.91 Å². The smallest absolute Gasteiger partial charge is 0.332 e. The molecule has 0 saturated carbocycles. The molecule has 3 rings (SSSR count). The highest BCUT2D eigenvalue weighted by atomic mass is 32.2. The standard InChI is InChI=1S/C18H15NO3S/c20-17(15-10-23-11-16(15)18(21)22)19-14-8-6-13(7-9-14)12-4-2-1-3-5-12/h1-9H,10-11H2,(H,19,20)(H,21,22). The lowest BCUT2D eigenvalue weighted by molar-refractivity contribution is -0.132. The summed E-state index contributed by atoms with van der Waals surface area (Å²) >= 11 is 1.44. The van der Waals surface area contributed by atoms with Crippen LogP contribution in [0.1, 0.15) is 0 Å². The Morgan fingerprint density at radius 3 is 2.13 bits per heavy atom. The largest absolute Gasteiger partial charge is 0.478 e. The molecule has 0 aromatic heterocycles. The van der Waals surface area contributed by atoms with Crippen LogP contribution in [-0.2, 0) is 9.59 Å². The van der Waals surface area contributed by atoms with Crippen molar-refractivity contribution < 1.29 is 14.7 Å². The third-order valence-electron chi connectivity index (χ3n) is 3.64. The molecule has 0 aliphatic carbocycles. The maximum atomic E-state index is 12.2. The van der Waals surface area contributed by atoms with Gasteiger partial charge in [-0.2, -0.15) is 11.8 Å². The van der Waals surface area contributed by atoms with Crippen molar-refractivity contribution in [2.24, 2.45) is 0 Å². The summed E-state index contributed by atoms with van der Waals surface area (Å²) in [6.45, 7) is 0. The summed E-state index contributed by atoms with van der Waals surface area (Å²) in [4.78, 5) is 23.4. The van der Waals surface area contributed by atoms with Crippen LogP contribution >= 0.6 is 11.8 Å². The molecule has 0 bridgehead atoms. The number of hydrogen-bond donors (Lipinski definition) is 2. The number of carboxylic acids is 1. The van der Waals surface area contributed by atoms with Crippen molar-refractivity contribution in [1.82, 2.24) is 0 Å². The quantitative estimate of drug-likeness (QED) is 0.904. The van der Waals surface area contributed by atoms with Crippen molar-refractivity contribution >= 4 is 29.3 Å². The summed E-state index contributed by atoms with van der Waals surface area (Å²) in [5, 5.41) is 11.9. The minimum atomic E-state index is -1.01. The molecule has 2 N–H and O–H groups in total. The summed E-state index contributed by atoms with van der Waals surface area (Å²) in [7, 11) is 0. The fourth-order valence-corrected chi connectivity index (χ4v) is 3.52. The van der Waals surface area contributed by atoms with Crippen LogP contribution in [0, 0.1) is 0 Å². The first-order valence-electron chi connectivity index (χ1n) is 7.15. The first-order valence-corrected chi connectivity index (χ1v) is 8.30. The van der Waals surface area contributed by atoms with Gasteiger partial charge in [-0.15, -0.1) is 0 Å². The van der Waals surface area contributed by atoms with E-state index in [1.807, 2.05) is 54.6 Å². The third kappa shape index (κ3) is 3.46. The molecule has 0 radical (unpaired) electrons. The van der Waals surface area contributed by atoms with E-state index in [1.165, 1.54) is 11.8 Å². The van der Waals surface area contributed by atoms with E-state index in [1.54, 1.807) is 0 Å². The van der Waals surface area contributed by atoms with Gasteiger partial charge < -0.3 is 10.4 Å². The lowest BCUT2D eigenvalue weighted by Gasteiger charge is -2.08. The van der Waals surface area contributed by atoms with Crippen molar-refractivity contribution in [2.45, 2.75) is 0 Å². The molecular weight excluding hydrogens is 310 g/mol. The van der Waals surface area contributed by atoms with Crippen molar-refractivity contribution in [3.8, 4) is 11.1 Å². The molecule has 5 heteroatoms. The molecule has 23 heavy (non-hydrogen) atoms.